The standard InChI is InChI=1S/C13H15ClN2O2/c1-8-5-4-6-10-12(8)16(11(7-14)15-10)9(2)13(17)18-3/h4-6,9H,7H2,1-3H3. The zero-order chi connectivity index (χ0) is 13.3. The van der Waals surface area contributed by atoms with Crippen LogP contribution in [0.5, 0.6) is 0 Å². The Morgan fingerprint density at radius 1 is 1.56 bits per heavy atom. The van der Waals surface area contributed by atoms with Crippen LogP contribution in [0.3, 0.4) is 0 Å². The second-order valence-electron chi connectivity index (χ2n) is 4.17. The molecule has 96 valence electrons. The minimum atomic E-state index is -0.435. The molecular weight excluding hydrogens is 252 g/mol. The maximum Gasteiger partial charge on any atom is 0.328 e. The van der Waals surface area contributed by atoms with Gasteiger partial charge in [-0.15, -0.1) is 11.6 Å². The van der Waals surface area contributed by atoms with Crippen molar-refractivity contribution in [3.63, 3.8) is 0 Å². The van der Waals surface area contributed by atoms with Crippen LogP contribution in [0.1, 0.15) is 24.4 Å². The molecule has 2 rings (SSSR count). The van der Waals surface area contributed by atoms with Crippen LogP contribution in [0.25, 0.3) is 11.0 Å². The number of ether oxygens (including phenoxy) is 1. The molecule has 2 aromatic rings. The average Bonchev–Trinajstić information content (AvgIpc) is 2.76. The topological polar surface area (TPSA) is 44.1 Å². The summed E-state index contributed by atoms with van der Waals surface area (Å²) < 4.78 is 6.64. The summed E-state index contributed by atoms with van der Waals surface area (Å²) in [5, 5.41) is 0. The van der Waals surface area contributed by atoms with Gasteiger partial charge in [0.25, 0.3) is 0 Å². The Kier molecular flexibility index (Phi) is 3.57. The van der Waals surface area contributed by atoms with Crippen molar-refractivity contribution in [2.45, 2.75) is 25.8 Å². The molecule has 0 spiro atoms. The monoisotopic (exact) mass is 266 g/mol. The van der Waals surface area contributed by atoms with Gasteiger partial charge in [0, 0.05) is 0 Å². The second kappa shape index (κ2) is 4.98. The van der Waals surface area contributed by atoms with E-state index in [1.54, 1.807) is 6.92 Å². The largest absolute Gasteiger partial charge is 0.467 e. The summed E-state index contributed by atoms with van der Waals surface area (Å²) in [6.07, 6.45) is 0. The van der Waals surface area contributed by atoms with Gasteiger partial charge >= 0.3 is 5.97 Å². The van der Waals surface area contributed by atoms with Crippen LogP contribution < -0.4 is 0 Å². The number of imidazole rings is 1. The van der Waals surface area contributed by atoms with Crippen LogP contribution in [-0.4, -0.2) is 22.6 Å². The SMILES string of the molecule is COC(=O)C(C)n1c(CCl)nc2cccc(C)c21. The summed E-state index contributed by atoms with van der Waals surface area (Å²) in [6.45, 7) is 3.78. The van der Waals surface area contributed by atoms with Gasteiger partial charge < -0.3 is 9.30 Å². The fourth-order valence-corrected chi connectivity index (χ4v) is 2.35. The lowest BCUT2D eigenvalue weighted by Crippen LogP contribution is -2.19. The number of carbonyl (C=O) groups excluding carboxylic acids is 1. The number of alkyl halides is 1. The molecule has 0 N–H and O–H groups in total. The molecule has 0 saturated heterocycles. The molecule has 0 aliphatic heterocycles. The van der Waals surface area contributed by atoms with Crippen LogP contribution in [0.2, 0.25) is 0 Å². The van der Waals surface area contributed by atoms with Gasteiger partial charge in [-0.05, 0) is 25.5 Å². The Hall–Kier alpha value is -1.55. The van der Waals surface area contributed by atoms with Gasteiger partial charge in [-0.25, -0.2) is 9.78 Å². The van der Waals surface area contributed by atoms with E-state index in [2.05, 4.69) is 4.98 Å². The highest BCUT2D eigenvalue weighted by Gasteiger charge is 2.22. The average molecular weight is 267 g/mol. The molecule has 0 bridgehead atoms. The lowest BCUT2D eigenvalue weighted by Gasteiger charge is -2.15. The van der Waals surface area contributed by atoms with Gasteiger partial charge in [0.1, 0.15) is 11.9 Å². The third kappa shape index (κ3) is 1.97. The van der Waals surface area contributed by atoms with Crippen molar-refractivity contribution in [2.75, 3.05) is 7.11 Å². The molecule has 1 heterocycles. The first-order valence-electron chi connectivity index (χ1n) is 5.70. The van der Waals surface area contributed by atoms with Crippen molar-refractivity contribution in [2.24, 2.45) is 0 Å². The van der Waals surface area contributed by atoms with E-state index < -0.39 is 6.04 Å². The highest BCUT2D eigenvalue weighted by Crippen LogP contribution is 2.25. The number of rotatable bonds is 3. The number of aromatic nitrogens is 2. The van der Waals surface area contributed by atoms with Gasteiger partial charge in [-0.3, -0.25) is 0 Å². The number of methoxy groups -OCH3 is 1. The molecule has 18 heavy (non-hydrogen) atoms. The number of esters is 1. The first-order chi connectivity index (χ1) is 8.60. The summed E-state index contributed by atoms with van der Waals surface area (Å²) >= 11 is 5.91. The Morgan fingerprint density at radius 2 is 2.28 bits per heavy atom. The maximum absolute atomic E-state index is 11.7. The van der Waals surface area contributed by atoms with E-state index in [1.807, 2.05) is 29.7 Å². The van der Waals surface area contributed by atoms with E-state index in [4.69, 9.17) is 16.3 Å². The van der Waals surface area contributed by atoms with Crippen molar-refractivity contribution in [3.8, 4) is 0 Å². The number of benzene rings is 1. The van der Waals surface area contributed by atoms with E-state index in [0.717, 1.165) is 16.6 Å². The minimum absolute atomic E-state index is 0.259. The number of aryl methyl sites for hydroxylation is 1. The molecule has 4 nitrogen and oxygen atoms in total. The van der Waals surface area contributed by atoms with Gasteiger partial charge in [0.15, 0.2) is 0 Å². The van der Waals surface area contributed by atoms with Gasteiger partial charge in [-0.2, -0.15) is 0 Å². The molecule has 5 heteroatoms. The summed E-state index contributed by atoms with van der Waals surface area (Å²) in [7, 11) is 1.38. The molecule has 0 radical (unpaired) electrons. The Morgan fingerprint density at radius 3 is 2.89 bits per heavy atom. The minimum Gasteiger partial charge on any atom is -0.467 e. The van der Waals surface area contributed by atoms with Crippen molar-refractivity contribution in [1.82, 2.24) is 9.55 Å². The van der Waals surface area contributed by atoms with E-state index >= 15 is 0 Å². The van der Waals surface area contributed by atoms with Gasteiger partial charge in [0.2, 0.25) is 0 Å². The number of para-hydroxylation sites is 1. The van der Waals surface area contributed by atoms with Crippen LogP contribution in [0.4, 0.5) is 0 Å². The summed E-state index contributed by atoms with van der Waals surface area (Å²) in [5.41, 5.74) is 2.85. The molecule has 0 saturated carbocycles. The number of hydrogen-bond donors (Lipinski definition) is 0. The van der Waals surface area contributed by atoms with Crippen molar-refractivity contribution in [1.29, 1.82) is 0 Å². The highest BCUT2D eigenvalue weighted by atomic mass is 35.5. The molecule has 0 aliphatic rings. The number of hydrogen-bond acceptors (Lipinski definition) is 3. The summed E-state index contributed by atoms with van der Waals surface area (Å²) in [5.74, 6) is 0.637. The first-order valence-corrected chi connectivity index (χ1v) is 6.23. The molecule has 1 atom stereocenters. The lowest BCUT2D eigenvalue weighted by molar-refractivity contribution is -0.143. The predicted octanol–water partition coefficient (Wildman–Crippen LogP) is 2.82. The van der Waals surface area contributed by atoms with Crippen LogP contribution in [-0.2, 0) is 15.4 Å². The van der Waals surface area contributed by atoms with Gasteiger partial charge in [-0.1, -0.05) is 12.1 Å². The van der Waals surface area contributed by atoms with E-state index in [9.17, 15) is 4.79 Å². The Bertz CT molecular complexity index is 592. The molecule has 1 unspecified atom stereocenters. The van der Waals surface area contributed by atoms with Crippen molar-refractivity contribution >= 4 is 28.6 Å². The third-order valence-electron chi connectivity index (χ3n) is 3.03. The normalized spacial score (nSPS) is 12.7. The molecule has 1 aromatic carbocycles. The highest BCUT2D eigenvalue weighted by molar-refractivity contribution is 6.17. The van der Waals surface area contributed by atoms with Crippen LogP contribution >= 0.6 is 11.6 Å². The fourth-order valence-electron chi connectivity index (χ4n) is 2.16. The maximum atomic E-state index is 11.7. The van der Waals surface area contributed by atoms with Crippen molar-refractivity contribution in [3.05, 3.63) is 29.6 Å². The summed E-state index contributed by atoms with van der Waals surface area (Å²) in [4.78, 5) is 16.2. The molecule has 0 aliphatic carbocycles. The fraction of sp³-hybridized carbons (Fsp3) is 0.385. The molecule has 0 fully saturated rings. The molecule has 1 aromatic heterocycles. The number of fused-ring (bicyclic) bond motifs is 1. The quantitative estimate of drug-likeness (QED) is 0.634. The molecule has 0 amide bonds. The van der Waals surface area contributed by atoms with E-state index in [0.29, 0.717) is 5.82 Å². The molecular formula is C13H15ClN2O2. The van der Waals surface area contributed by atoms with E-state index in [-0.39, 0.29) is 11.8 Å². The Labute approximate surface area is 111 Å². The lowest BCUT2D eigenvalue weighted by atomic mass is 10.2. The Balaban J connectivity index is 2.70. The van der Waals surface area contributed by atoms with Crippen LogP contribution in [0.15, 0.2) is 18.2 Å². The number of nitrogens with zero attached hydrogens (tertiary/aromatic N) is 2. The predicted molar refractivity (Wildman–Crippen MR) is 70.8 cm³/mol. The second-order valence-corrected chi connectivity index (χ2v) is 4.44. The van der Waals surface area contributed by atoms with E-state index in [1.165, 1.54) is 7.11 Å². The van der Waals surface area contributed by atoms with Gasteiger partial charge in [0.05, 0.1) is 24.0 Å². The number of carbonyl (C=O) groups is 1. The zero-order valence-corrected chi connectivity index (χ0v) is 11.4. The first kappa shape index (κ1) is 12.9. The van der Waals surface area contributed by atoms with Crippen molar-refractivity contribution < 1.29 is 9.53 Å². The smallest absolute Gasteiger partial charge is 0.328 e. The zero-order valence-electron chi connectivity index (χ0n) is 10.6. The van der Waals surface area contributed by atoms with Crippen LogP contribution in [0, 0.1) is 6.92 Å². The number of halogens is 1. The third-order valence-corrected chi connectivity index (χ3v) is 3.27. The summed E-state index contributed by atoms with van der Waals surface area (Å²) in [6, 6.07) is 5.41.